The van der Waals surface area contributed by atoms with Crippen molar-refractivity contribution in [3.8, 4) is 0 Å². The molecule has 2 unspecified atom stereocenters. The number of hydrogen-bond donors (Lipinski definition) is 0. The SMILES string of the molecule is Cc1ccc(CC(C)C(=O)CCc2scc3c2CN(C2CCC(=O)CC2=O)C3=O)cc1Cl. The maximum Gasteiger partial charge on any atom is 0.255 e. The number of benzene rings is 1. The number of amides is 1. The average molecular weight is 472 g/mol. The Kier molecular flexibility index (Phi) is 6.63. The van der Waals surface area contributed by atoms with Gasteiger partial charge < -0.3 is 4.90 Å². The van der Waals surface area contributed by atoms with Gasteiger partial charge in [0.25, 0.3) is 5.91 Å². The van der Waals surface area contributed by atoms with Crippen LogP contribution in [0.3, 0.4) is 0 Å². The minimum atomic E-state index is -0.506. The van der Waals surface area contributed by atoms with Crippen LogP contribution in [0.15, 0.2) is 23.6 Å². The van der Waals surface area contributed by atoms with Crippen LogP contribution >= 0.6 is 22.9 Å². The summed E-state index contributed by atoms with van der Waals surface area (Å²) >= 11 is 7.71. The minimum Gasteiger partial charge on any atom is -0.324 e. The van der Waals surface area contributed by atoms with Crippen LogP contribution in [0.5, 0.6) is 0 Å². The Balaban J connectivity index is 1.37. The van der Waals surface area contributed by atoms with Crippen molar-refractivity contribution in [2.45, 2.75) is 65.0 Å². The van der Waals surface area contributed by atoms with Gasteiger partial charge >= 0.3 is 0 Å². The number of aryl methyl sites for hydroxylation is 2. The molecular weight excluding hydrogens is 446 g/mol. The van der Waals surface area contributed by atoms with Crippen LogP contribution in [0.1, 0.15) is 64.5 Å². The second-order valence-electron chi connectivity index (χ2n) is 8.88. The van der Waals surface area contributed by atoms with E-state index >= 15 is 0 Å². The predicted octanol–water partition coefficient (Wildman–Crippen LogP) is 4.74. The largest absolute Gasteiger partial charge is 0.324 e. The van der Waals surface area contributed by atoms with Crippen LogP contribution in [0.4, 0.5) is 0 Å². The number of nitrogens with zero attached hydrogens (tertiary/aromatic N) is 1. The Morgan fingerprint density at radius 1 is 1.28 bits per heavy atom. The molecule has 1 fully saturated rings. The van der Waals surface area contributed by atoms with Gasteiger partial charge in [0.2, 0.25) is 0 Å². The second kappa shape index (κ2) is 9.28. The molecule has 168 valence electrons. The first kappa shape index (κ1) is 22.9. The fraction of sp³-hybridized carbons (Fsp3) is 0.440. The number of ketones is 3. The van der Waals surface area contributed by atoms with Gasteiger partial charge in [-0.05, 0) is 48.9 Å². The van der Waals surface area contributed by atoms with Crippen molar-refractivity contribution in [2.75, 3.05) is 0 Å². The normalized spacial score (nSPS) is 19.4. The van der Waals surface area contributed by atoms with E-state index in [2.05, 4.69) is 0 Å². The Labute approximate surface area is 196 Å². The van der Waals surface area contributed by atoms with E-state index < -0.39 is 6.04 Å². The first-order valence-electron chi connectivity index (χ1n) is 11.0. The average Bonchev–Trinajstić information content (AvgIpc) is 3.29. The van der Waals surface area contributed by atoms with Crippen LogP contribution < -0.4 is 0 Å². The number of rotatable bonds is 7. The van der Waals surface area contributed by atoms with E-state index in [4.69, 9.17) is 11.6 Å². The lowest BCUT2D eigenvalue weighted by atomic mass is 9.92. The molecule has 2 aromatic rings. The lowest BCUT2D eigenvalue weighted by Crippen LogP contribution is -2.44. The highest BCUT2D eigenvalue weighted by molar-refractivity contribution is 7.10. The number of Topliss-reactive ketones (excluding diaryl/α,β-unsaturated/α-hetero) is 3. The van der Waals surface area contributed by atoms with Crippen molar-refractivity contribution in [1.29, 1.82) is 0 Å². The molecular formula is C25H26ClNO4S. The van der Waals surface area contributed by atoms with Gasteiger partial charge in [-0.15, -0.1) is 11.3 Å². The first-order valence-corrected chi connectivity index (χ1v) is 12.2. The smallest absolute Gasteiger partial charge is 0.255 e. The first-order chi connectivity index (χ1) is 15.2. The molecule has 1 aliphatic carbocycles. The van der Waals surface area contributed by atoms with Gasteiger partial charge in [0, 0.05) is 40.6 Å². The van der Waals surface area contributed by atoms with Crippen molar-refractivity contribution < 1.29 is 19.2 Å². The second-order valence-corrected chi connectivity index (χ2v) is 10.2. The van der Waals surface area contributed by atoms with Crippen molar-refractivity contribution in [3.05, 3.63) is 55.7 Å². The summed E-state index contributed by atoms with van der Waals surface area (Å²) in [7, 11) is 0. The third kappa shape index (κ3) is 4.57. The molecule has 1 amide bonds. The zero-order valence-electron chi connectivity index (χ0n) is 18.3. The quantitative estimate of drug-likeness (QED) is 0.547. The van der Waals surface area contributed by atoms with Crippen molar-refractivity contribution >= 4 is 46.2 Å². The summed E-state index contributed by atoms with van der Waals surface area (Å²) < 4.78 is 0. The molecule has 2 aliphatic rings. The Bertz CT molecular complexity index is 1110. The van der Waals surface area contributed by atoms with Gasteiger partial charge in [0.05, 0.1) is 18.0 Å². The highest BCUT2D eigenvalue weighted by Crippen LogP contribution is 2.35. The molecule has 4 rings (SSSR count). The van der Waals surface area contributed by atoms with Crippen LogP contribution in [-0.2, 0) is 33.8 Å². The summed E-state index contributed by atoms with van der Waals surface area (Å²) in [4.78, 5) is 52.1. The fourth-order valence-electron chi connectivity index (χ4n) is 4.54. The molecule has 0 N–H and O–H groups in total. The van der Waals surface area contributed by atoms with Crippen LogP contribution in [0.25, 0.3) is 0 Å². The third-order valence-electron chi connectivity index (χ3n) is 6.54. The number of halogens is 1. The zero-order chi connectivity index (χ0) is 23.0. The maximum absolute atomic E-state index is 12.9. The summed E-state index contributed by atoms with van der Waals surface area (Å²) in [5.74, 6) is -0.270. The lowest BCUT2D eigenvalue weighted by molar-refractivity contribution is -0.133. The monoisotopic (exact) mass is 471 g/mol. The number of fused-ring (bicyclic) bond motifs is 1. The maximum atomic E-state index is 12.9. The van der Waals surface area contributed by atoms with Crippen LogP contribution in [-0.4, -0.2) is 34.2 Å². The highest BCUT2D eigenvalue weighted by Gasteiger charge is 2.40. The van der Waals surface area contributed by atoms with Gasteiger partial charge in [0.1, 0.15) is 11.6 Å². The molecule has 2 atom stereocenters. The molecule has 0 radical (unpaired) electrons. The van der Waals surface area contributed by atoms with Gasteiger partial charge in [0.15, 0.2) is 5.78 Å². The van der Waals surface area contributed by atoms with Crippen molar-refractivity contribution in [3.63, 3.8) is 0 Å². The summed E-state index contributed by atoms with van der Waals surface area (Å²) in [5, 5.41) is 2.56. The van der Waals surface area contributed by atoms with E-state index in [-0.39, 0.29) is 35.6 Å². The number of carbonyl (C=O) groups excluding carboxylic acids is 4. The molecule has 7 heteroatoms. The fourth-order valence-corrected chi connectivity index (χ4v) is 5.78. The van der Waals surface area contributed by atoms with E-state index in [9.17, 15) is 19.2 Å². The molecule has 0 bridgehead atoms. The summed E-state index contributed by atoms with van der Waals surface area (Å²) in [5.41, 5.74) is 3.65. The molecule has 0 saturated heterocycles. The predicted molar refractivity (Wildman–Crippen MR) is 124 cm³/mol. The van der Waals surface area contributed by atoms with E-state index in [1.165, 1.54) is 11.3 Å². The molecule has 1 aromatic carbocycles. The third-order valence-corrected chi connectivity index (χ3v) is 8.04. The number of carbonyl (C=O) groups is 4. The van der Waals surface area contributed by atoms with Gasteiger partial charge in [-0.3, -0.25) is 19.2 Å². The Morgan fingerprint density at radius 2 is 2.06 bits per heavy atom. The summed E-state index contributed by atoms with van der Waals surface area (Å²) in [6, 6.07) is 5.40. The molecule has 5 nitrogen and oxygen atoms in total. The van der Waals surface area contributed by atoms with Gasteiger partial charge in [-0.1, -0.05) is 30.7 Å². The highest BCUT2D eigenvalue weighted by atomic mass is 35.5. The minimum absolute atomic E-state index is 0.0479. The summed E-state index contributed by atoms with van der Waals surface area (Å²) in [6.07, 6.45) is 2.33. The summed E-state index contributed by atoms with van der Waals surface area (Å²) in [6.45, 7) is 4.29. The van der Waals surface area contributed by atoms with E-state index in [1.54, 1.807) is 4.90 Å². The Hall–Kier alpha value is -2.31. The van der Waals surface area contributed by atoms with Gasteiger partial charge in [-0.25, -0.2) is 0 Å². The zero-order valence-corrected chi connectivity index (χ0v) is 19.9. The lowest BCUT2D eigenvalue weighted by Gasteiger charge is -2.29. The topological polar surface area (TPSA) is 71.5 Å². The van der Waals surface area contributed by atoms with Crippen molar-refractivity contribution in [1.82, 2.24) is 4.90 Å². The molecule has 1 aliphatic heterocycles. The number of hydrogen-bond acceptors (Lipinski definition) is 5. The van der Waals surface area contributed by atoms with E-state index in [0.29, 0.717) is 49.2 Å². The Morgan fingerprint density at radius 3 is 2.78 bits per heavy atom. The van der Waals surface area contributed by atoms with E-state index in [1.807, 2.05) is 37.4 Å². The van der Waals surface area contributed by atoms with E-state index in [0.717, 1.165) is 21.6 Å². The van der Waals surface area contributed by atoms with Crippen molar-refractivity contribution in [2.24, 2.45) is 5.92 Å². The van der Waals surface area contributed by atoms with Crippen LogP contribution in [0.2, 0.25) is 5.02 Å². The molecule has 0 spiro atoms. The molecule has 1 saturated carbocycles. The molecule has 32 heavy (non-hydrogen) atoms. The van der Waals surface area contributed by atoms with Crippen LogP contribution in [0, 0.1) is 12.8 Å². The standard InChI is InChI=1S/C25H26ClNO4S/c1-14-3-4-16(10-20(14)26)9-15(2)22(29)7-8-24-18-12-27(25(31)19(18)13-32-24)21-6-5-17(28)11-23(21)30/h3-4,10,13,15,21H,5-9,11-12H2,1-2H3. The number of thiophene rings is 1. The molecule has 2 heterocycles. The molecule has 1 aromatic heterocycles. The van der Waals surface area contributed by atoms with Gasteiger partial charge in [-0.2, -0.15) is 0 Å².